The van der Waals surface area contributed by atoms with Crippen molar-refractivity contribution in [3.63, 3.8) is 0 Å². The van der Waals surface area contributed by atoms with Crippen LogP contribution in [0.25, 0.3) is 0 Å². The van der Waals surface area contributed by atoms with Gasteiger partial charge in [-0.1, -0.05) is 25.1 Å². The molecule has 2 aliphatic heterocycles. The Morgan fingerprint density at radius 2 is 1.94 bits per heavy atom. The summed E-state index contributed by atoms with van der Waals surface area (Å²) in [5.74, 6) is 3.47. The maximum atomic E-state index is 14.6. The van der Waals surface area contributed by atoms with E-state index >= 15 is 0 Å². The van der Waals surface area contributed by atoms with Crippen molar-refractivity contribution in [2.24, 2.45) is 17.8 Å². The second-order valence-electron chi connectivity index (χ2n) is 11.1. The summed E-state index contributed by atoms with van der Waals surface area (Å²) in [6.45, 7) is 8.27. The average Bonchev–Trinajstić information content (AvgIpc) is 3.48. The minimum Gasteiger partial charge on any atom is -0.493 e. The fourth-order valence-corrected chi connectivity index (χ4v) is 5.80. The van der Waals surface area contributed by atoms with Gasteiger partial charge in [0.1, 0.15) is 11.6 Å². The maximum Gasteiger partial charge on any atom is 0.324 e. The van der Waals surface area contributed by atoms with Gasteiger partial charge in [0, 0.05) is 38.2 Å². The van der Waals surface area contributed by atoms with Crippen LogP contribution in [0.1, 0.15) is 76.1 Å². The van der Waals surface area contributed by atoms with Crippen LogP contribution in [-0.2, 0) is 11.2 Å². The lowest BCUT2D eigenvalue weighted by molar-refractivity contribution is -0.131. The van der Waals surface area contributed by atoms with Gasteiger partial charge in [-0.25, -0.2) is 4.39 Å². The second kappa shape index (κ2) is 11.2. The predicted molar refractivity (Wildman–Crippen MR) is 136 cm³/mol. The highest BCUT2D eigenvalue weighted by Crippen LogP contribution is 2.50. The van der Waals surface area contributed by atoms with E-state index in [1.807, 2.05) is 4.90 Å². The number of amides is 1. The van der Waals surface area contributed by atoms with Crippen LogP contribution in [0.15, 0.2) is 22.7 Å². The van der Waals surface area contributed by atoms with Crippen molar-refractivity contribution in [2.45, 2.75) is 71.1 Å². The van der Waals surface area contributed by atoms with Crippen molar-refractivity contribution >= 4 is 11.9 Å². The van der Waals surface area contributed by atoms with E-state index < -0.39 is 0 Å². The van der Waals surface area contributed by atoms with E-state index in [4.69, 9.17) is 9.26 Å². The average molecular weight is 499 g/mol. The largest absolute Gasteiger partial charge is 0.493 e. The third-order valence-electron chi connectivity index (χ3n) is 8.17. The standard InChI is InChI=1S/C28H39FN4O3/c1-19(2)27-30-28(36-31-27)33-13-8-20(9-14-33)24-16-21(24)10-15-35-23-7-6-22(25(29)18-23)17-26(34)32-11-4-3-5-12-32/h6-7,18-21,24H,3-5,8-17H2,1-2H3/t21-,24?/m1/s1. The van der Waals surface area contributed by atoms with Gasteiger partial charge in [-0.2, -0.15) is 4.98 Å². The second-order valence-corrected chi connectivity index (χ2v) is 11.1. The molecular formula is C28H39FN4O3. The molecule has 196 valence electrons. The number of carbonyl (C=O) groups is 1. The van der Waals surface area contributed by atoms with Crippen molar-refractivity contribution in [2.75, 3.05) is 37.7 Å². The number of nitrogens with zero attached hydrogens (tertiary/aromatic N) is 4. The van der Waals surface area contributed by atoms with Gasteiger partial charge in [-0.05, 0) is 74.3 Å². The van der Waals surface area contributed by atoms with Crippen molar-refractivity contribution in [3.05, 3.63) is 35.4 Å². The molecule has 1 unspecified atom stereocenters. The molecule has 7 nitrogen and oxygen atoms in total. The van der Waals surface area contributed by atoms with E-state index in [0.717, 1.165) is 75.9 Å². The molecule has 0 bridgehead atoms. The van der Waals surface area contributed by atoms with Crippen LogP contribution in [0.2, 0.25) is 0 Å². The molecule has 3 heterocycles. The monoisotopic (exact) mass is 498 g/mol. The number of likely N-dealkylation sites (tertiary alicyclic amines) is 1. The minimum atomic E-state index is -0.351. The SMILES string of the molecule is CC(C)c1noc(N2CCC(C3C[C@H]3CCOc3ccc(CC(=O)N4CCCCC4)c(F)c3)CC2)n1. The number of benzene rings is 1. The quantitative estimate of drug-likeness (QED) is 0.473. The lowest BCUT2D eigenvalue weighted by atomic mass is 9.90. The Morgan fingerprint density at radius 1 is 1.17 bits per heavy atom. The molecule has 3 aliphatic rings. The summed E-state index contributed by atoms with van der Waals surface area (Å²) >= 11 is 0. The highest BCUT2D eigenvalue weighted by molar-refractivity contribution is 5.79. The molecule has 1 aliphatic carbocycles. The molecule has 1 aromatic carbocycles. The molecule has 0 spiro atoms. The summed E-state index contributed by atoms with van der Waals surface area (Å²) < 4.78 is 25.9. The number of rotatable bonds is 9. The summed E-state index contributed by atoms with van der Waals surface area (Å²) in [4.78, 5) is 21.1. The third-order valence-corrected chi connectivity index (χ3v) is 8.17. The van der Waals surface area contributed by atoms with Crippen LogP contribution in [-0.4, -0.2) is 53.7 Å². The normalized spacial score (nSPS) is 22.8. The molecule has 1 aromatic heterocycles. The molecule has 2 saturated heterocycles. The lowest BCUT2D eigenvalue weighted by Gasteiger charge is -2.30. The number of carbonyl (C=O) groups excluding carboxylic acids is 1. The van der Waals surface area contributed by atoms with Gasteiger partial charge in [0.15, 0.2) is 5.82 Å². The van der Waals surface area contributed by atoms with Crippen LogP contribution in [0, 0.1) is 23.6 Å². The molecule has 2 atom stereocenters. The fraction of sp³-hybridized carbons (Fsp3) is 0.679. The van der Waals surface area contributed by atoms with Crippen molar-refractivity contribution in [1.82, 2.24) is 15.0 Å². The van der Waals surface area contributed by atoms with Crippen LogP contribution in [0.4, 0.5) is 10.4 Å². The highest BCUT2D eigenvalue weighted by atomic mass is 19.1. The fourth-order valence-electron chi connectivity index (χ4n) is 5.80. The summed E-state index contributed by atoms with van der Waals surface area (Å²) in [5.41, 5.74) is 0.451. The lowest BCUT2D eigenvalue weighted by Crippen LogP contribution is -2.36. The predicted octanol–water partition coefficient (Wildman–Crippen LogP) is 5.21. The number of aromatic nitrogens is 2. The van der Waals surface area contributed by atoms with E-state index in [1.54, 1.807) is 12.1 Å². The van der Waals surface area contributed by atoms with E-state index in [0.29, 0.717) is 29.9 Å². The first kappa shape index (κ1) is 25.0. The summed E-state index contributed by atoms with van der Waals surface area (Å²) in [6, 6.07) is 5.59. The van der Waals surface area contributed by atoms with Gasteiger partial charge in [0.2, 0.25) is 5.91 Å². The molecule has 3 fully saturated rings. The first-order valence-corrected chi connectivity index (χ1v) is 13.8. The van der Waals surface area contributed by atoms with Gasteiger partial charge in [0.25, 0.3) is 0 Å². The molecule has 5 rings (SSSR count). The molecule has 2 aromatic rings. The molecular weight excluding hydrogens is 459 g/mol. The van der Waals surface area contributed by atoms with Gasteiger partial charge in [-0.15, -0.1) is 0 Å². The number of hydrogen-bond acceptors (Lipinski definition) is 6. The number of ether oxygens (including phenoxy) is 1. The Kier molecular flexibility index (Phi) is 7.77. The first-order valence-electron chi connectivity index (χ1n) is 13.8. The molecule has 1 saturated carbocycles. The van der Waals surface area contributed by atoms with Gasteiger partial charge >= 0.3 is 6.01 Å². The van der Waals surface area contributed by atoms with Crippen molar-refractivity contribution in [1.29, 1.82) is 0 Å². The van der Waals surface area contributed by atoms with Gasteiger partial charge in [-0.3, -0.25) is 4.79 Å². The van der Waals surface area contributed by atoms with E-state index in [-0.39, 0.29) is 24.1 Å². The van der Waals surface area contributed by atoms with Crippen LogP contribution >= 0.6 is 0 Å². The summed E-state index contributed by atoms with van der Waals surface area (Å²) in [5, 5.41) is 4.09. The smallest absolute Gasteiger partial charge is 0.324 e. The Bertz CT molecular complexity index is 1030. The van der Waals surface area contributed by atoms with E-state index in [2.05, 4.69) is 28.9 Å². The first-order chi connectivity index (χ1) is 17.5. The summed E-state index contributed by atoms with van der Waals surface area (Å²) in [7, 11) is 0. The van der Waals surface area contributed by atoms with Crippen molar-refractivity contribution < 1.29 is 18.4 Å². The Morgan fingerprint density at radius 3 is 2.64 bits per heavy atom. The number of hydrogen-bond donors (Lipinski definition) is 0. The van der Waals surface area contributed by atoms with Crippen molar-refractivity contribution in [3.8, 4) is 5.75 Å². The minimum absolute atomic E-state index is 0.0188. The van der Waals surface area contributed by atoms with Gasteiger partial charge < -0.3 is 19.1 Å². The van der Waals surface area contributed by atoms with Crippen LogP contribution in [0.5, 0.6) is 5.75 Å². The molecule has 0 radical (unpaired) electrons. The van der Waals surface area contributed by atoms with E-state index in [1.165, 1.54) is 18.9 Å². The molecule has 1 amide bonds. The highest BCUT2D eigenvalue weighted by Gasteiger charge is 2.43. The number of anilines is 1. The topological polar surface area (TPSA) is 71.7 Å². The zero-order valence-electron chi connectivity index (χ0n) is 21.6. The Hall–Kier alpha value is -2.64. The molecule has 0 N–H and O–H groups in total. The summed E-state index contributed by atoms with van der Waals surface area (Å²) in [6.07, 6.45) is 7.96. The number of piperidine rings is 2. The Balaban J connectivity index is 1.02. The zero-order valence-corrected chi connectivity index (χ0v) is 21.6. The van der Waals surface area contributed by atoms with E-state index in [9.17, 15) is 9.18 Å². The van der Waals surface area contributed by atoms with Gasteiger partial charge in [0.05, 0.1) is 13.0 Å². The third kappa shape index (κ3) is 6.01. The zero-order chi connectivity index (χ0) is 25.1. The number of halogens is 1. The maximum absolute atomic E-state index is 14.6. The molecule has 36 heavy (non-hydrogen) atoms. The Labute approximate surface area is 213 Å². The van der Waals surface area contributed by atoms with Crippen LogP contribution < -0.4 is 9.64 Å². The molecule has 8 heteroatoms. The van der Waals surface area contributed by atoms with Crippen LogP contribution in [0.3, 0.4) is 0 Å².